The van der Waals surface area contributed by atoms with Gasteiger partial charge in [-0.2, -0.15) is 0 Å². The summed E-state index contributed by atoms with van der Waals surface area (Å²) in [5.74, 6) is -0.152. The van der Waals surface area contributed by atoms with E-state index >= 15 is 0 Å². The van der Waals surface area contributed by atoms with Gasteiger partial charge in [0.25, 0.3) is 0 Å². The highest BCUT2D eigenvalue weighted by Crippen LogP contribution is 2.05. The Morgan fingerprint density at radius 2 is 0.830 bits per heavy atom. The molecule has 1 amide bonds. The molecule has 0 saturated heterocycles. The molecule has 1 N–H and O–H groups in total. The summed E-state index contributed by atoms with van der Waals surface area (Å²) in [6, 6.07) is 9.50. The van der Waals surface area contributed by atoms with E-state index in [-0.39, 0.29) is 19.2 Å². The van der Waals surface area contributed by atoms with Crippen LogP contribution in [0, 0.1) is 0 Å². The van der Waals surface area contributed by atoms with E-state index in [0.29, 0.717) is 145 Å². The molecule has 15 heteroatoms. The summed E-state index contributed by atoms with van der Waals surface area (Å²) < 4.78 is 64.9. The van der Waals surface area contributed by atoms with Crippen molar-refractivity contribution in [2.24, 2.45) is 0 Å². The Morgan fingerprint density at radius 1 is 0.453 bits per heavy atom. The Kier molecular flexibility index (Phi) is 37.3. The van der Waals surface area contributed by atoms with Crippen LogP contribution in [0.3, 0.4) is 0 Å². The predicted octanol–water partition coefficient (Wildman–Crippen LogP) is 3.98. The molecule has 1 rings (SSSR count). The maximum atomic E-state index is 11.7. The van der Waals surface area contributed by atoms with Crippen molar-refractivity contribution >= 4 is 12.1 Å². The van der Waals surface area contributed by atoms with Gasteiger partial charge >= 0.3 is 12.1 Å². The Bertz CT molecular complexity index is 914. The molecule has 0 aliphatic heterocycles. The quantitative estimate of drug-likeness (QED) is 0.0755. The number of nitrogens with one attached hydrogen (secondary N) is 1. The zero-order valence-electron chi connectivity index (χ0n) is 32.1. The van der Waals surface area contributed by atoms with Crippen LogP contribution in [0.25, 0.3) is 0 Å². The van der Waals surface area contributed by atoms with E-state index in [1.54, 1.807) is 0 Å². The maximum Gasteiger partial charge on any atom is 0.407 e. The summed E-state index contributed by atoms with van der Waals surface area (Å²) in [6.45, 7) is 12.3. The monoisotopic (exact) mass is 761 g/mol. The fraction of sp³-hybridized carbons (Fsp3) is 0.789. The molecule has 0 aliphatic rings. The molecule has 0 fully saturated rings. The Labute approximate surface area is 316 Å². The van der Waals surface area contributed by atoms with Gasteiger partial charge < -0.3 is 62.2 Å². The highest BCUT2D eigenvalue weighted by molar-refractivity contribution is 5.69. The van der Waals surface area contributed by atoms with Gasteiger partial charge in [-0.25, -0.2) is 4.79 Å². The first-order valence-electron chi connectivity index (χ1n) is 19.1. The van der Waals surface area contributed by atoms with Crippen molar-refractivity contribution in [1.29, 1.82) is 0 Å². The number of unbranched alkanes of at least 4 members (excludes halogenated alkanes) is 4. The minimum absolute atomic E-state index is 0.152. The van der Waals surface area contributed by atoms with Crippen molar-refractivity contribution in [2.45, 2.75) is 52.1 Å². The lowest BCUT2D eigenvalue weighted by Gasteiger charge is -2.09. The molecule has 0 aromatic heterocycles. The van der Waals surface area contributed by atoms with Crippen LogP contribution in [0.4, 0.5) is 4.79 Å². The number of hydrogen-bond donors (Lipinski definition) is 1. The summed E-state index contributed by atoms with van der Waals surface area (Å²) in [5, 5.41) is 2.64. The molecule has 0 bridgehead atoms. The van der Waals surface area contributed by atoms with E-state index in [2.05, 4.69) is 12.2 Å². The number of alkyl carbamates (subject to hydrolysis) is 1. The molecule has 0 saturated carbocycles. The number of amides is 1. The van der Waals surface area contributed by atoms with Crippen LogP contribution in [-0.4, -0.2) is 157 Å². The highest BCUT2D eigenvalue weighted by Gasteiger charge is 2.03. The second-order valence-electron chi connectivity index (χ2n) is 11.5. The first-order valence-corrected chi connectivity index (χ1v) is 19.1. The number of carbonyl (C=O) groups excluding carboxylic acids is 2. The number of esters is 1. The van der Waals surface area contributed by atoms with Gasteiger partial charge in [0.15, 0.2) is 0 Å². The first-order chi connectivity index (χ1) is 26.2. The fourth-order valence-corrected chi connectivity index (χ4v) is 4.24. The largest absolute Gasteiger partial charge is 0.463 e. The van der Waals surface area contributed by atoms with Crippen LogP contribution >= 0.6 is 0 Å². The van der Waals surface area contributed by atoms with Crippen molar-refractivity contribution in [1.82, 2.24) is 5.32 Å². The molecular formula is C38H67NO14. The van der Waals surface area contributed by atoms with Gasteiger partial charge in [0.05, 0.1) is 132 Å². The van der Waals surface area contributed by atoms with Crippen LogP contribution in [0.2, 0.25) is 0 Å². The van der Waals surface area contributed by atoms with Gasteiger partial charge in [-0.3, -0.25) is 4.79 Å². The summed E-state index contributed by atoms with van der Waals surface area (Å²) in [4.78, 5) is 23.3. The lowest BCUT2D eigenvalue weighted by atomic mass is 10.1. The summed E-state index contributed by atoms with van der Waals surface area (Å²) in [7, 11) is 0. The number of benzene rings is 1. The van der Waals surface area contributed by atoms with E-state index in [1.165, 1.54) is 19.3 Å². The van der Waals surface area contributed by atoms with E-state index in [4.69, 9.17) is 56.8 Å². The van der Waals surface area contributed by atoms with E-state index in [9.17, 15) is 9.59 Å². The van der Waals surface area contributed by atoms with Crippen molar-refractivity contribution < 1.29 is 66.4 Å². The maximum absolute atomic E-state index is 11.7. The molecule has 0 atom stereocenters. The van der Waals surface area contributed by atoms with E-state index < -0.39 is 6.09 Å². The molecular weight excluding hydrogens is 694 g/mol. The molecule has 0 spiro atoms. The third-order valence-corrected chi connectivity index (χ3v) is 7.05. The Balaban J connectivity index is 1.64. The third kappa shape index (κ3) is 37.7. The van der Waals surface area contributed by atoms with Crippen molar-refractivity contribution in [3.8, 4) is 0 Å². The molecule has 0 aliphatic carbocycles. The van der Waals surface area contributed by atoms with Gasteiger partial charge in [-0.1, -0.05) is 62.9 Å². The number of ether oxygens (including phenoxy) is 12. The molecule has 0 unspecified atom stereocenters. The fourth-order valence-electron chi connectivity index (χ4n) is 4.24. The molecule has 1 aromatic carbocycles. The smallest absolute Gasteiger partial charge is 0.407 e. The van der Waals surface area contributed by atoms with Crippen LogP contribution < -0.4 is 5.32 Å². The topological polar surface area (TPSA) is 157 Å². The number of rotatable bonds is 41. The van der Waals surface area contributed by atoms with Crippen LogP contribution in [-0.2, 0) is 68.2 Å². The molecule has 53 heavy (non-hydrogen) atoms. The summed E-state index contributed by atoms with van der Waals surface area (Å²) in [5.41, 5.74) is 0.935. The van der Waals surface area contributed by atoms with Gasteiger partial charge in [0.1, 0.15) is 13.2 Å². The average molecular weight is 762 g/mol. The van der Waals surface area contributed by atoms with E-state index in [0.717, 1.165) is 18.4 Å². The SMILES string of the molecule is CCCCCCCC(=O)OCCOCCOCCOCCOCCOCCOCCOCCOCCOCCOCCNC(=O)OCc1ccccc1. The minimum atomic E-state index is -0.472. The minimum Gasteiger partial charge on any atom is -0.463 e. The summed E-state index contributed by atoms with van der Waals surface area (Å²) >= 11 is 0. The molecule has 1 aromatic rings. The van der Waals surface area contributed by atoms with Crippen molar-refractivity contribution in [3.63, 3.8) is 0 Å². The number of carbonyl (C=O) groups is 2. The standard InChI is InChI=1S/C38H67NO14/c1-2-3-4-5-9-12-37(40)52-34-33-51-32-31-50-30-29-49-28-27-48-26-25-47-24-23-46-22-21-45-20-19-44-18-17-43-16-15-42-14-13-39-38(41)53-35-36-10-7-6-8-11-36/h6-8,10-11H,2-5,9,12-35H2,1H3,(H,39,41). The predicted molar refractivity (Wildman–Crippen MR) is 197 cm³/mol. The summed E-state index contributed by atoms with van der Waals surface area (Å²) in [6.07, 6.45) is 5.58. The van der Waals surface area contributed by atoms with Crippen LogP contribution in [0.15, 0.2) is 30.3 Å². The Hall–Kier alpha value is -2.44. The molecule has 15 nitrogen and oxygen atoms in total. The van der Waals surface area contributed by atoms with Crippen molar-refractivity contribution in [3.05, 3.63) is 35.9 Å². The average Bonchev–Trinajstić information content (AvgIpc) is 3.17. The normalized spacial score (nSPS) is 11.2. The second kappa shape index (κ2) is 40.7. The molecule has 0 radical (unpaired) electrons. The number of hydrogen-bond acceptors (Lipinski definition) is 14. The molecule has 0 heterocycles. The van der Waals surface area contributed by atoms with Gasteiger partial charge in [-0.05, 0) is 12.0 Å². The lowest BCUT2D eigenvalue weighted by Crippen LogP contribution is -2.28. The van der Waals surface area contributed by atoms with E-state index in [1.807, 2.05) is 30.3 Å². The third-order valence-electron chi connectivity index (χ3n) is 7.05. The lowest BCUT2D eigenvalue weighted by molar-refractivity contribution is -0.145. The van der Waals surface area contributed by atoms with Gasteiger partial charge in [0, 0.05) is 13.0 Å². The van der Waals surface area contributed by atoms with Gasteiger partial charge in [-0.15, -0.1) is 0 Å². The van der Waals surface area contributed by atoms with Crippen LogP contribution in [0.5, 0.6) is 0 Å². The first kappa shape index (κ1) is 48.6. The Morgan fingerprint density at radius 3 is 1.25 bits per heavy atom. The molecule has 308 valence electrons. The highest BCUT2D eigenvalue weighted by atomic mass is 16.6. The van der Waals surface area contributed by atoms with Crippen molar-refractivity contribution in [2.75, 3.05) is 145 Å². The zero-order valence-corrected chi connectivity index (χ0v) is 32.1. The van der Waals surface area contributed by atoms with Crippen LogP contribution in [0.1, 0.15) is 51.0 Å². The van der Waals surface area contributed by atoms with Gasteiger partial charge in [0.2, 0.25) is 0 Å². The second-order valence-corrected chi connectivity index (χ2v) is 11.5. The zero-order chi connectivity index (χ0) is 38.0.